The summed E-state index contributed by atoms with van der Waals surface area (Å²) in [6.07, 6.45) is 3.06. The lowest BCUT2D eigenvalue weighted by Crippen LogP contribution is -2.53. The molecule has 3 rings (SSSR count). The molecule has 0 radical (unpaired) electrons. The van der Waals surface area contributed by atoms with Crippen LogP contribution in [-0.4, -0.2) is 33.5 Å². The zero-order chi connectivity index (χ0) is 20.1. The average Bonchev–Trinajstić information content (AvgIpc) is 3.29. The van der Waals surface area contributed by atoms with Gasteiger partial charge in [-0.15, -0.1) is 0 Å². The Hall–Kier alpha value is -3.14. The second-order valence-corrected chi connectivity index (χ2v) is 6.66. The van der Waals surface area contributed by atoms with Crippen molar-refractivity contribution in [2.75, 3.05) is 5.32 Å². The molecule has 4 N–H and O–H groups in total. The predicted octanol–water partition coefficient (Wildman–Crippen LogP) is 0.774. The number of nitrogens with one attached hydrogen (secondary N) is 4. The number of aromatic nitrogens is 2. The maximum absolute atomic E-state index is 12.2. The van der Waals surface area contributed by atoms with Crippen molar-refractivity contribution in [2.24, 2.45) is 0 Å². The van der Waals surface area contributed by atoms with Gasteiger partial charge in [0, 0.05) is 18.5 Å². The lowest BCUT2D eigenvalue weighted by atomic mass is 10.1. The maximum atomic E-state index is 12.2. The predicted molar refractivity (Wildman–Crippen MR) is 99.8 cm³/mol. The summed E-state index contributed by atoms with van der Waals surface area (Å²) < 4.78 is 6.58. The minimum Gasteiger partial charge on any atom is -0.467 e. The molecule has 0 spiro atoms. The Bertz CT molecular complexity index is 844. The topological polar surface area (TPSA) is 130 Å². The molecule has 3 amide bonds. The zero-order valence-corrected chi connectivity index (χ0v) is 15.8. The highest BCUT2D eigenvalue weighted by atomic mass is 16.3. The van der Waals surface area contributed by atoms with E-state index in [9.17, 15) is 14.4 Å². The van der Waals surface area contributed by atoms with Crippen LogP contribution in [0.1, 0.15) is 43.9 Å². The number of carbonyl (C=O) groups excluding carboxylic acids is 3. The highest BCUT2D eigenvalue weighted by Crippen LogP contribution is 2.18. The highest BCUT2D eigenvalue weighted by molar-refractivity contribution is 6.39. The molecule has 3 heterocycles. The molecule has 0 bridgehead atoms. The van der Waals surface area contributed by atoms with E-state index in [0.29, 0.717) is 23.7 Å². The van der Waals surface area contributed by atoms with Crippen molar-refractivity contribution in [1.29, 1.82) is 0 Å². The van der Waals surface area contributed by atoms with Crippen molar-refractivity contribution in [3.8, 4) is 0 Å². The number of hydrogen-bond acceptors (Lipinski definition) is 6. The van der Waals surface area contributed by atoms with E-state index in [1.54, 1.807) is 25.1 Å². The monoisotopic (exact) mass is 388 g/mol. The minimum absolute atomic E-state index is 0.0217. The van der Waals surface area contributed by atoms with Gasteiger partial charge in [0.05, 0.1) is 18.5 Å². The summed E-state index contributed by atoms with van der Waals surface area (Å²) >= 11 is 0. The maximum Gasteiger partial charge on any atom is 0.314 e. The molecule has 1 aliphatic heterocycles. The number of amides is 3. The van der Waals surface area contributed by atoms with Crippen molar-refractivity contribution in [2.45, 2.75) is 52.0 Å². The molecule has 2 atom stereocenters. The third-order valence-electron chi connectivity index (χ3n) is 4.31. The lowest BCUT2D eigenvalue weighted by molar-refractivity contribution is -0.136. The van der Waals surface area contributed by atoms with Crippen LogP contribution in [0.15, 0.2) is 28.9 Å². The van der Waals surface area contributed by atoms with Crippen LogP contribution in [0, 0.1) is 6.92 Å². The molecule has 2 aromatic rings. The first-order valence-electron chi connectivity index (χ1n) is 9.19. The van der Waals surface area contributed by atoms with Gasteiger partial charge >= 0.3 is 11.8 Å². The molecule has 10 heteroatoms. The Kier molecular flexibility index (Phi) is 6.09. The summed E-state index contributed by atoms with van der Waals surface area (Å²) in [6.45, 7) is 3.92. The fraction of sp³-hybridized carbons (Fsp3) is 0.444. The van der Waals surface area contributed by atoms with Crippen LogP contribution >= 0.6 is 0 Å². The third kappa shape index (κ3) is 4.77. The quantitative estimate of drug-likeness (QED) is 0.541. The first-order valence-corrected chi connectivity index (χ1v) is 9.19. The Morgan fingerprint density at radius 2 is 2.21 bits per heavy atom. The third-order valence-corrected chi connectivity index (χ3v) is 4.31. The van der Waals surface area contributed by atoms with Gasteiger partial charge in [-0.2, -0.15) is 5.10 Å². The van der Waals surface area contributed by atoms with Gasteiger partial charge in [0.2, 0.25) is 5.91 Å². The summed E-state index contributed by atoms with van der Waals surface area (Å²) in [7, 11) is 0. The van der Waals surface area contributed by atoms with E-state index in [-0.39, 0.29) is 18.5 Å². The number of anilines is 1. The van der Waals surface area contributed by atoms with Crippen LogP contribution in [0.5, 0.6) is 0 Å². The zero-order valence-electron chi connectivity index (χ0n) is 15.8. The van der Waals surface area contributed by atoms with Crippen molar-refractivity contribution < 1.29 is 18.8 Å². The summed E-state index contributed by atoms with van der Waals surface area (Å²) in [6, 6.07) is 5.05. The van der Waals surface area contributed by atoms with E-state index < -0.39 is 18.1 Å². The fourth-order valence-corrected chi connectivity index (χ4v) is 3.07. The van der Waals surface area contributed by atoms with Gasteiger partial charge in [0.15, 0.2) is 6.29 Å². The van der Waals surface area contributed by atoms with E-state index in [0.717, 1.165) is 12.8 Å². The van der Waals surface area contributed by atoms with Gasteiger partial charge in [-0.05, 0) is 25.5 Å². The summed E-state index contributed by atoms with van der Waals surface area (Å²) in [5, 5.41) is 15.5. The number of hydrogen-bond donors (Lipinski definition) is 4. The van der Waals surface area contributed by atoms with Crippen LogP contribution in [-0.2, 0) is 20.9 Å². The van der Waals surface area contributed by atoms with E-state index in [1.807, 2.05) is 6.92 Å². The summed E-state index contributed by atoms with van der Waals surface area (Å²) in [5.74, 6) is -0.876. The van der Waals surface area contributed by atoms with Gasteiger partial charge in [-0.25, -0.2) is 4.68 Å². The molecular formula is C18H24N6O4. The first-order chi connectivity index (χ1) is 13.5. The number of furan rings is 1. The van der Waals surface area contributed by atoms with Gasteiger partial charge < -0.3 is 20.4 Å². The molecule has 2 unspecified atom stereocenters. The van der Waals surface area contributed by atoms with E-state index in [4.69, 9.17) is 4.42 Å². The molecule has 2 aromatic heterocycles. The van der Waals surface area contributed by atoms with Crippen molar-refractivity contribution in [1.82, 2.24) is 25.7 Å². The van der Waals surface area contributed by atoms with Gasteiger partial charge in [0.1, 0.15) is 11.6 Å². The largest absolute Gasteiger partial charge is 0.467 e. The molecule has 0 saturated carbocycles. The Morgan fingerprint density at radius 3 is 2.93 bits per heavy atom. The number of nitrogens with zero attached hydrogens (tertiary/aromatic N) is 2. The van der Waals surface area contributed by atoms with Crippen molar-refractivity contribution >= 4 is 23.5 Å². The van der Waals surface area contributed by atoms with Crippen molar-refractivity contribution in [3.63, 3.8) is 0 Å². The molecule has 0 aromatic carbocycles. The normalized spacial score (nSPS) is 19.1. The fourth-order valence-electron chi connectivity index (χ4n) is 3.07. The highest BCUT2D eigenvalue weighted by Gasteiger charge is 2.29. The molecule has 0 aliphatic carbocycles. The molecule has 150 valence electrons. The second kappa shape index (κ2) is 8.70. The minimum atomic E-state index is -0.833. The van der Waals surface area contributed by atoms with E-state index in [2.05, 4.69) is 26.4 Å². The number of aryl methyl sites for hydroxylation is 1. The standard InChI is InChI=1S/C18H24N6O4/c1-3-5-12-9-15(25)22-18(20-12)24-14(8-11(2)23-24)21-17(27)16(26)19-10-13-6-4-7-28-13/h4,6-8,12,18,20H,3,5,9-10H2,1-2H3,(H,19,26)(H,21,27)(H,22,25). The van der Waals surface area contributed by atoms with Crippen LogP contribution in [0.4, 0.5) is 5.82 Å². The first kappa shape index (κ1) is 19.6. The van der Waals surface area contributed by atoms with Gasteiger partial charge in [-0.3, -0.25) is 19.7 Å². The number of rotatable bonds is 6. The van der Waals surface area contributed by atoms with Crippen LogP contribution < -0.4 is 21.3 Å². The molecular weight excluding hydrogens is 364 g/mol. The number of carbonyl (C=O) groups is 3. The average molecular weight is 388 g/mol. The van der Waals surface area contributed by atoms with E-state index >= 15 is 0 Å². The second-order valence-electron chi connectivity index (χ2n) is 6.66. The smallest absolute Gasteiger partial charge is 0.314 e. The molecule has 28 heavy (non-hydrogen) atoms. The molecule has 1 aliphatic rings. The Labute approximate surface area is 162 Å². The summed E-state index contributed by atoms with van der Waals surface area (Å²) in [5.41, 5.74) is 0.639. The molecule has 10 nitrogen and oxygen atoms in total. The van der Waals surface area contributed by atoms with E-state index in [1.165, 1.54) is 10.9 Å². The van der Waals surface area contributed by atoms with Crippen LogP contribution in [0.25, 0.3) is 0 Å². The van der Waals surface area contributed by atoms with Gasteiger partial charge in [0.25, 0.3) is 0 Å². The lowest BCUT2D eigenvalue weighted by Gasteiger charge is -2.32. The van der Waals surface area contributed by atoms with Crippen molar-refractivity contribution in [3.05, 3.63) is 35.9 Å². The SMILES string of the molecule is CCCC1CC(=O)NC(n2nc(C)cc2NC(=O)C(=O)NCc2ccco2)N1. The van der Waals surface area contributed by atoms with Gasteiger partial charge in [-0.1, -0.05) is 13.3 Å². The molecule has 1 saturated heterocycles. The van der Waals surface area contributed by atoms with Crippen LogP contribution in [0.2, 0.25) is 0 Å². The molecule has 1 fully saturated rings. The summed E-state index contributed by atoms with van der Waals surface area (Å²) in [4.78, 5) is 36.3. The Morgan fingerprint density at radius 1 is 1.39 bits per heavy atom. The Balaban J connectivity index is 1.66. The van der Waals surface area contributed by atoms with Crippen LogP contribution in [0.3, 0.4) is 0 Å².